The van der Waals surface area contributed by atoms with Gasteiger partial charge < -0.3 is 15.2 Å². The van der Waals surface area contributed by atoms with Gasteiger partial charge in [-0.15, -0.1) is 0 Å². The quantitative estimate of drug-likeness (QED) is 0.805. The fourth-order valence-electron chi connectivity index (χ4n) is 1.72. The van der Waals surface area contributed by atoms with E-state index < -0.39 is 5.97 Å². The Morgan fingerprint density at radius 2 is 2.31 bits per heavy atom. The van der Waals surface area contributed by atoms with Gasteiger partial charge in [-0.3, -0.25) is 0 Å². The van der Waals surface area contributed by atoms with Gasteiger partial charge in [0.25, 0.3) is 0 Å². The van der Waals surface area contributed by atoms with Gasteiger partial charge in [-0.1, -0.05) is 6.07 Å². The van der Waals surface area contributed by atoms with Gasteiger partial charge in [0, 0.05) is 13.2 Å². The van der Waals surface area contributed by atoms with Gasteiger partial charge in [-0.05, 0) is 25.0 Å². The third-order valence-corrected chi connectivity index (χ3v) is 2.75. The van der Waals surface area contributed by atoms with E-state index in [0.29, 0.717) is 18.0 Å². The van der Waals surface area contributed by atoms with Crippen LogP contribution in [0.1, 0.15) is 23.3 Å². The lowest BCUT2D eigenvalue weighted by molar-refractivity contribution is 0.0327. The first kappa shape index (κ1) is 10.9. The van der Waals surface area contributed by atoms with E-state index in [1.807, 2.05) is 0 Å². The average molecular weight is 222 g/mol. The highest BCUT2D eigenvalue weighted by atomic mass is 16.5. The minimum atomic E-state index is -1.01. The number of pyridine rings is 1. The molecular formula is C11H14N2O3. The van der Waals surface area contributed by atoms with Crippen LogP contribution in [0.4, 0.5) is 5.82 Å². The number of hydrogen-bond donors (Lipinski definition) is 2. The van der Waals surface area contributed by atoms with Crippen LogP contribution in [0.25, 0.3) is 0 Å². The maximum absolute atomic E-state index is 10.7. The Bertz CT molecular complexity index is 389. The number of carbonyl (C=O) groups is 1. The van der Waals surface area contributed by atoms with Gasteiger partial charge in [0.2, 0.25) is 0 Å². The number of aromatic carboxylic acids is 1. The predicted octanol–water partition coefficient (Wildman–Crippen LogP) is 1.37. The molecule has 5 nitrogen and oxygen atoms in total. The summed E-state index contributed by atoms with van der Waals surface area (Å²) < 4.78 is 5.16. The molecule has 0 spiro atoms. The normalized spacial score (nSPS) is 23.6. The van der Waals surface area contributed by atoms with Crippen LogP contribution in [-0.2, 0) is 4.74 Å². The second kappa shape index (κ2) is 4.49. The van der Waals surface area contributed by atoms with Crippen molar-refractivity contribution in [1.82, 2.24) is 4.98 Å². The summed E-state index contributed by atoms with van der Waals surface area (Å²) in [6, 6.07) is 5.27. The lowest BCUT2D eigenvalue weighted by atomic mass is 9.89. The molecule has 1 fully saturated rings. The van der Waals surface area contributed by atoms with E-state index in [0.717, 1.165) is 12.8 Å². The molecule has 0 saturated heterocycles. The number of rotatable bonds is 4. The highest BCUT2D eigenvalue weighted by Crippen LogP contribution is 2.25. The average Bonchev–Trinajstić information content (AvgIpc) is 2.23. The van der Waals surface area contributed by atoms with Crippen molar-refractivity contribution in [1.29, 1.82) is 0 Å². The van der Waals surface area contributed by atoms with Crippen molar-refractivity contribution in [2.75, 3.05) is 12.4 Å². The highest BCUT2D eigenvalue weighted by molar-refractivity contribution is 5.85. The Morgan fingerprint density at radius 1 is 1.56 bits per heavy atom. The molecule has 86 valence electrons. The molecule has 0 aliphatic heterocycles. The molecule has 0 atom stereocenters. The molecule has 1 aliphatic rings. The molecule has 1 aromatic heterocycles. The molecule has 1 aromatic rings. The SMILES string of the molecule is COC1CC(Nc2cccc(C(=O)O)n2)C1. The number of aromatic nitrogens is 1. The maximum atomic E-state index is 10.7. The second-order valence-corrected chi connectivity index (χ2v) is 3.88. The van der Waals surface area contributed by atoms with Crippen molar-refractivity contribution in [3.8, 4) is 0 Å². The molecule has 1 saturated carbocycles. The van der Waals surface area contributed by atoms with Crippen molar-refractivity contribution in [3.63, 3.8) is 0 Å². The summed E-state index contributed by atoms with van der Waals surface area (Å²) in [4.78, 5) is 14.7. The summed E-state index contributed by atoms with van der Waals surface area (Å²) in [7, 11) is 1.70. The molecule has 2 N–H and O–H groups in total. The van der Waals surface area contributed by atoms with Crippen LogP contribution in [0.3, 0.4) is 0 Å². The van der Waals surface area contributed by atoms with Gasteiger partial charge in [0.05, 0.1) is 6.10 Å². The summed E-state index contributed by atoms with van der Waals surface area (Å²) >= 11 is 0. The molecule has 0 radical (unpaired) electrons. The third kappa shape index (κ3) is 2.30. The summed E-state index contributed by atoms with van der Waals surface area (Å²) in [6.07, 6.45) is 2.20. The molecule has 1 heterocycles. The number of anilines is 1. The number of nitrogens with one attached hydrogen (secondary N) is 1. The van der Waals surface area contributed by atoms with E-state index in [1.54, 1.807) is 19.2 Å². The number of carboxylic acids is 1. The van der Waals surface area contributed by atoms with Gasteiger partial charge in [-0.25, -0.2) is 9.78 Å². The first-order chi connectivity index (χ1) is 7.69. The maximum Gasteiger partial charge on any atom is 0.354 e. The van der Waals surface area contributed by atoms with Crippen LogP contribution in [0.2, 0.25) is 0 Å². The van der Waals surface area contributed by atoms with Crippen LogP contribution in [0.15, 0.2) is 18.2 Å². The van der Waals surface area contributed by atoms with E-state index in [2.05, 4.69) is 10.3 Å². The largest absolute Gasteiger partial charge is 0.477 e. The number of hydrogen-bond acceptors (Lipinski definition) is 4. The van der Waals surface area contributed by atoms with Crippen LogP contribution < -0.4 is 5.32 Å². The Hall–Kier alpha value is -1.62. The molecule has 2 rings (SSSR count). The smallest absolute Gasteiger partial charge is 0.354 e. The van der Waals surface area contributed by atoms with Crippen LogP contribution in [0, 0.1) is 0 Å². The molecule has 0 aromatic carbocycles. The summed E-state index contributed by atoms with van der Waals surface area (Å²) in [5.74, 6) is -0.397. The minimum absolute atomic E-state index is 0.0626. The zero-order valence-electron chi connectivity index (χ0n) is 9.01. The molecule has 0 unspecified atom stereocenters. The minimum Gasteiger partial charge on any atom is -0.477 e. The summed E-state index contributed by atoms with van der Waals surface area (Å²) in [5, 5.41) is 12.0. The molecule has 16 heavy (non-hydrogen) atoms. The van der Waals surface area contributed by atoms with Crippen molar-refractivity contribution in [2.45, 2.75) is 25.0 Å². The van der Waals surface area contributed by atoms with Crippen LogP contribution in [0.5, 0.6) is 0 Å². The first-order valence-corrected chi connectivity index (χ1v) is 5.18. The fourth-order valence-corrected chi connectivity index (χ4v) is 1.72. The van der Waals surface area contributed by atoms with Crippen molar-refractivity contribution >= 4 is 11.8 Å². The topological polar surface area (TPSA) is 71.5 Å². The van der Waals surface area contributed by atoms with Gasteiger partial charge in [0.1, 0.15) is 5.82 Å². The van der Waals surface area contributed by atoms with Gasteiger partial charge >= 0.3 is 5.97 Å². The van der Waals surface area contributed by atoms with Gasteiger partial charge in [0.15, 0.2) is 5.69 Å². The third-order valence-electron chi connectivity index (χ3n) is 2.75. The highest BCUT2D eigenvalue weighted by Gasteiger charge is 2.29. The fraction of sp³-hybridized carbons (Fsp3) is 0.455. The molecule has 0 amide bonds. The number of nitrogens with zero attached hydrogens (tertiary/aromatic N) is 1. The Balaban J connectivity index is 1.95. The molecule has 1 aliphatic carbocycles. The molecular weight excluding hydrogens is 208 g/mol. The van der Waals surface area contributed by atoms with Crippen molar-refractivity contribution in [2.24, 2.45) is 0 Å². The zero-order valence-corrected chi connectivity index (χ0v) is 9.01. The van der Waals surface area contributed by atoms with E-state index in [1.165, 1.54) is 6.07 Å². The van der Waals surface area contributed by atoms with Crippen molar-refractivity contribution < 1.29 is 14.6 Å². The molecule has 0 bridgehead atoms. The lowest BCUT2D eigenvalue weighted by Gasteiger charge is -2.34. The lowest BCUT2D eigenvalue weighted by Crippen LogP contribution is -2.40. The van der Waals surface area contributed by atoms with E-state index >= 15 is 0 Å². The number of ether oxygens (including phenoxy) is 1. The molecule has 5 heteroatoms. The number of methoxy groups -OCH3 is 1. The Labute approximate surface area is 93.5 Å². The summed E-state index contributed by atoms with van der Waals surface area (Å²) in [5.41, 5.74) is 0.0626. The zero-order chi connectivity index (χ0) is 11.5. The van der Waals surface area contributed by atoms with Crippen LogP contribution in [-0.4, -0.2) is 35.3 Å². The van der Waals surface area contributed by atoms with Crippen LogP contribution >= 0.6 is 0 Å². The van der Waals surface area contributed by atoms with E-state index in [4.69, 9.17) is 9.84 Å². The number of carboxylic acid groups (broad SMARTS) is 1. The van der Waals surface area contributed by atoms with Crippen molar-refractivity contribution in [3.05, 3.63) is 23.9 Å². The van der Waals surface area contributed by atoms with E-state index in [9.17, 15) is 4.79 Å². The second-order valence-electron chi connectivity index (χ2n) is 3.88. The Morgan fingerprint density at radius 3 is 2.94 bits per heavy atom. The first-order valence-electron chi connectivity index (χ1n) is 5.18. The van der Waals surface area contributed by atoms with E-state index in [-0.39, 0.29) is 5.69 Å². The Kier molecular flexibility index (Phi) is 3.05. The monoisotopic (exact) mass is 222 g/mol. The summed E-state index contributed by atoms with van der Waals surface area (Å²) in [6.45, 7) is 0. The predicted molar refractivity (Wildman–Crippen MR) is 58.6 cm³/mol. The van der Waals surface area contributed by atoms with Gasteiger partial charge in [-0.2, -0.15) is 0 Å². The standard InChI is InChI=1S/C11H14N2O3/c1-16-8-5-7(6-8)12-10-4-2-3-9(13-10)11(14)15/h2-4,7-8H,5-6H2,1H3,(H,12,13)(H,14,15).